The van der Waals surface area contributed by atoms with Gasteiger partial charge in [-0.3, -0.25) is 9.59 Å². The zero-order valence-electron chi connectivity index (χ0n) is 16.7. The van der Waals surface area contributed by atoms with E-state index < -0.39 is 0 Å². The molecule has 0 aromatic heterocycles. The minimum atomic E-state index is -0.305. The van der Waals surface area contributed by atoms with Gasteiger partial charge in [0.25, 0.3) is 0 Å². The molecule has 1 aliphatic carbocycles. The van der Waals surface area contributed by atoms with Gasteiger partial charge in [-0.15, -0.1) is 0 Å². The SMILES string of the molecule is Cc1cccc(C)c1NC(=O)CNC(=O)[C@H](C)N[C@H]1CCC[C@H](C)[C@@H]1C. The van der Waals surface area contributed by atoms with Crippen LogP contribution in [0.4, 0.5) is 5.69 Å². The number of benzene rings is 1. The number of anilines is 1. The Balaban J connectivity index is 1.81. The van der Waals surface area contributed by atoms with Crippen LogP contribution in [0, 0.1) is 25.7 Å². The van der Waals surface area contributed by atoms with Gasteiger partial charge in [0.05, 0.1) is 12.6 Å². The Hall–Kier alpha value is -1.88. The lowest BCUT2D eigenvalue weighted by atomic mass is 9.78. The average Bonchev–Trinajstić information content (AvgIpc) is 2.60. The van der Waals surface area contributed by atoms with Gasteiger partial charge in [0, 0.05) is 11.7 Å². The van der Waals surface area contributed by atoms with Crippen LogP contribution in [0.2, 0.25) is 0 Å². The highest BCUT2D eigenvalue weighted by molar-refractivity contribution is 5.96. The van der Waals surface area contributed by atoms with E-state index >= 15 is 0 Å². The Morgan fingerprint density at radius 2 is 1.81 bits per heavy atom. The Morgan fingerprint density at radius 1 is 1.15 bits per heavy atom. The maximum Gasteiger partial charge on any atom is 0.243 e. The molecule has 2 amide bonds. The van der Waals surface area contributed by atoms with E-state index in [0.29, 0.717) is 17.9 Å². The van der Waals surface area contributed by atoms with Crippen molar-refractivity contribution in [3.05, 3.63) is 29.3 Å². The minimum Gasteiger partial charge on any atom is -0.346 e. The number of rotatable bonds is 6. The summed E-state index contributed by atoms with van der Waals surface area (Å²) in [6, 6.07) is 5.94. The van der Waals surface area contributed by atoms with Gasteiger partial charge >= 0.3 is 0 Å². The van der Waals surface area contributed by atoms with Crippen molar-refractivity contribution in [1.82, 2.24) is 10.6 Å². The Bertz CT molecular complexity index is 624. The first-order chi connectivity index (χ1) is 12.3. The lowest BCUT2D eigenvalue weighted by molar-refractivity contribution is -0.125. The summed E-state index contributed by atoms with van der Waals surface area (Å²) in [7, 11) is 0. The molecule has 5 heteroatoms. The predicted molar refractivity (Wildman–Crippen MR) is 106 cm³/mol. The molecule has 3 N–H and O–H groups in total. The monoisotopic (exact) mass is 359 g/mol. The second-order valence-electron chi connectivity index (χ2n) is 7.79. The molecule has 1 aliphatic rings. The number of hydrogen-bond acceptors (Lipinski definition) is 3. The Labute approximate surface area is 157 Å². The molecule has 0 saturated heterocycles. The summed E-state index contributed by atoms with van der Waals surface area (Å²) in [6.45, 7) is 10.3. The fourth-order valence-electron chi connectivity index (χ4n) is 3.73. The summed E-state index contributed by atoms with van der Waals surface area (Å²) < 4.78 is 0. The van der Waals surface area contributed by atoms with Gasteiger partial charge < -0.3 is 16.0 Å². The highest BCUT2D eigenvalue weighted by Crippen LogP contribution is 2.29. The highest BCUT2D eigenvalue weighted by Gasteiger charge is 2.29. The molecule has 26 heavy (non-hydrogen) atoms. The maximum atomic E-state index is 12.3. The molecule has 5 nitrogen and oxygen atoms in total. The molecular weight excluding hydrogens is 326 g/mol. The average molecular weight is 360 g/mol. The molecule has 0 heterocycles. The zero-order valence-corrected chi connectivity index (χ0v) is 16.7. The molecule has 1 aromatic rings. The van der Waals surface area contributed by atoms with Gasteiger partial charge in [0.2, 0.25) is 11.8 Å². The molecule has 144 valence electrons. The van der Waals surface area contributed by atoms with Gasteiger partial charge in [0.1, 0.15) is 0 Å². The van der Waals surface area contributed by atoms with Crippen LogP contribution >= 0.6 is 0 Å². The van der Waals surface area contributed by atoms with E-state index in [1.54, 1.807) is 0 Å². The van der Waals surface area contributed by atoms with Crippen LogP contribution in [0.1, 0.15) is 51.2 Å². The van der Waals surface area contributed by atoms with E-state index in [2.05, 4.69) is 29.8 Å². The van der Waals surface area contributed by atoms with Crippen LogP contribution < -0.4 is 16.0 Å². The first-order valence-corrected chi connectivity index (χ1v) is 9.69. The summed E-state index contributed by atoms with van der Waals surface area (Å²) >= 11 is 0. The molecule has 1 saturated carbocycles. The third kappa shape index (κ3) is 5.31. The molecule has 0 aliphatic heterocycles. The van der Waals surface area contributed by atoms with Crippen LogP contribution in [-0.4, -0.2) is 30.4 Å². The van der Waals surface area contributed by atoms with Crippen molar-refractivity contribution in [3.8, 4) is 0 Å². The van der Waals surface area contributed by atoms with E-state index in [1.807, 2.05) is 39.0 Å². The van der Waals surface area contributed by atoms with Gasteiger partial charge in [-0.05, 0) is 50.2 Å². The first-order valence-electron chi connectivity index (χ1n) is 9.69. The van der Waals surface area contributed by atoms with E-state index in [9.17, 15) is 9.59 Å². The standard InChI is InChI=1S/C21H33N3O2/c1-13-8-7-11-18(16(13)4)23-17(5)21(26)22-12-19(25)24-20-14(2)9-6-10-15(20)3/h6,9-10,13,16-18,23H,7-8,11-12H2,1-5H3,(H,22,26)(H,24,25)/t13-,16-,17-,18-/m0/s1. The first kappa shape index (κ1) is 20.4. The smallest absolute Gasteiger partial charge is 0.243 e. The second kappa shape index (κ2) is 9.17. The van der Waals surface area contributed by atoms with Crippen molar-refractivity contribution < 1.29 is 9.59 Å². The molecule has 1 fully saturated rings. The molecule has 1 aromatic carbocycles. The fraction of sp³-hybridized carbons (Fsp3) is 0.619. The van der Waals surface area contributed by atoms with E-state index in [-0.39, 0.29) is 24.4 Å². The number of aryl methyl sites for hydroxylation is 2. The summed E-state index contributed by atoms with van der Waals surface area (Å²) in [6.07, 6.45) is 3.57. The van der Waals surface area contributed by atoms with Crippen molar-refractivity contribution in [3.63, 3.8) is 0 Å². The van der Waals surface area contributed by atoms with E-state index in [0.717, 1.165) is 23.2 Å². The third-order valence-corrected chi connectivity index (χ3v) is 5.73. The zero-order chi connectivity index (χ0) is 19.3. The molecule has 0 radical (unpaired) electrons. The Morgan fingerprint density at radius 3 is 2.46 bits per heavy atom. The number of nitrogens with one attached hydrogen (secondary N) is 3. The summed E-state index contributed by atoms with van der Waals surface area (Å²) in [5, 5.41) is 9.08. The van der Waals surface area contributed by atoms with Crippen LogP contribution in [0.25, 0.3) is 0 Å². The van der Waals surface area contributed by atoms with Crippen LogP contribution in [0.15, 0.2) is 18.2 Å². The number of para-hydroxylation sites is 1. The second-order valence-corrected chi connectivity index (χ2v) is 7.79. The van der Waals surface area contributed by atoms with Crippen LogP contribution in [0.5, 0.6) is 0 Å². The number of hydrogen-bond donors (Lipinski definition) is 3. The molecular formula is C21H33N3O2. The largest absolute Gasteiger partial charge is 0.346 e. The van der Waals surface area contributed by atoms with Crippen molar-refractivity contribution in [2.24, 2.45) is 11.8 Å². The maximum absolute atomic E-state index is 12.3. The van der Waals surface area contributed by atoms with Crippen LogP contribution in [-0.2, 0) is 9.59 Å². The molecule has 0 spiro atoms. The number of carbonyl (C=O) groups excluding carboxylic acids is 2. The lowest BCUT2D eigenvalue weighted by Gasteiger charge is -2.36. The van der Waals surface area contributed by atoms with Gasteiger partial charge in [0.15, 0.2) is 0 Å². The lowest BCUT2D eigenvalue weighted by Crippen LogP contribution is -2.51. The number of amides is 2. The van der Waals surface area contributed by atoms with Crippen LogP contribution in [0.3, 0.4) is 0 Å². The Kier molecular flexibility index (Phi) is 7.21. The van der Waals surface area contributed by atoms with Crippen molar-refractivity contribution in [2.45, 2.75) is 66.0 Å². The van der Waals surface area contributed by atoms with Gasteiger partial charge in [-0.2, -0.15) is 0 Å². The minimum absolute atomic E-state index is 0.0186. The fourth-order valence-corrected chi connectivity index (χ4v) is 3.73. The number of carbonyl (C=O) groups is 2. The van der Waals surface area contributed by atoms with Crippen molar-refractivity contribution >= 4 is 17.5 Å². The summed E-state index contributed by atoms with van der Waals surface area (Å²) in [5.41, 5.74) is 2.85. The van der Waals surface area contributed by atoms with E-state index in [4.69, 9.17) is 0 Å². The molecule has 0 unspecified atom stereocenters. The highest BCUT2D eigenvalue weighted by atomic mass is 16.2. The topological polar surface area (TPSA) is 70.2 Å². The van der Waals surface area contributed by atoms with Crippen molar-refractivity contribution in [1.29, 1.82) is 0 Å². The molecule has 4 atom stereocenters. The third-order valence-electron chi connectivity index (χ3n) is 5.73. The predicted octanol–water partition coefficient (Wildman–Crippen LogP) is 3.16. The van der Waals surface area contributed by atoms with Gasteiger partial charge in [-0.25, -0.2) is 0 Å². The van der Waals surface area contributed by atoms with E-state index in [1.165, 1.54) is 12.8 Å². The van der Waals surface area contributed by atoms with Gasteiger partial charge in [-0.1, -0.05) is 44.9 Å². The quantitative estimate of drug-likeness (QED) is 0.731. The normalized spacial score (nSPS) is 24.0. The molecule has 2 rings (SSSR count). The molecule has 0 bridgehead atoms. The summed E-state index contributed by atoms with van der Waals surface area (Å²) in [4.78, 5) is 24.5. The van der Waals surface area contributed by atoms with Crippen molar-refractivity contribution in [2.75, 3.05) is 11.9 Å². The summed E-state index contributed by atoms with van der Waals surface area (Å²) in [5.74, 6) is 0.903.